The predicted octanol–water partition coefficient (Wildman–Crippen LogP) is 3.83. The average Bonchev–Trinajstić information content (AvgIpc) is 2.94. The molecule has 1 saturated carbocycles. The molecule has 2 heterocycles. The summed E-state index contributed by atoms with van der Waals surface area (Å²) in [6, 6.07) is 6.10. The second-order valence-corrected chi connectivity index (χ2v) is 8.96. The zero-order valence-electron chi connectivity index (χ0n) is 18.0. The van der Waals surface area contributed by atoms with E-state index in [2.05, 4.69) is 18.7 Å². The summed E-state index contributed by atoms with van der Waals surface area (Å²) in [5.74, 6) is -0.233. The first kappa shape index (κ1) is 20.1. The van der Waals surface area contributed by atoms with Crippen molar-refractivity contribution in [3.63, 3.8) is 0 Å². The topological polar surface area (TPSA) is 49.9 Å². The first-order valence-electron chi connectivity index (χ1n) is 11.0. The summed E-state index contributed by atoms with van der Waals surface area (Å²) >= 11 is 0. The van der Waals surface area contributed by atoms with Gasteiger partial charge in [-0.15, -0.1) is 0 Å². The Kier molecular flexibility index (Phi) is 5.52. The molecule has 1 aromatic rings. The molecule has 0 N–H and O–H groups in total. The number of amides is 2. The molecule has 0 aromatic heterocycles. The van der Waals surface area contributed by atoms with Crippen LogP contribution in [0.15, 0.2) is 23.9 Å². The van der Waals surface area contributed by atoms with Crippen molar-refractivity contribution < 1.29 is 14.3 Å². The van der Waals surface area contributed by atoms with Crippen molar-refractivity contribution in [2.75, 3.05) is 13.1 Å². The Morgan fingerprint density at radius 1 is 0.897 bits per heavy atom. The van der Waals surface area contributed by atoms with Crippen LogP contribution in [-0.4, -0.2) is 53.0 Å². The fourth-order valence-electron chi connectivity index (χ4n) is 5.02. The summed E-state index contributed by atoms with van der Waals surface area (Å²) in [6.07, 6.45) is 5.25. The molecule has 5 heteroatoms. The van der Waals surface area contributed by atoms with Crippen molar-refractivity contribution >= 4 is 17.4 Å². The molecule has 0 bridgehead atoms. The molecule has 2 unspecified atom stereocenters. The van der Waals surface area contributed by atoms with Crippen LogP contribution < -0.4 is 0 Å². The van der Waals surface area contributed by atoms with Gasteiger partial charge in [0.05, 0.1) is 17.8 Å². The number of carbonyl (C=O) groups excluding carboxylic acids is 2. The van der Waals surface area contributed by atoms with Gasteiger partial charge in [-0.1, -0.05) is 37.5 Å². The van der Waals surface area contributed by atoms with Gasteiger partial charge in [-0.05, 0) is 57.2 Å². The number of morpholine rings is 1. The Morgan fingerprint density at radius 2 is 1.55 bits per heavy atom. The molecule has 2 fully saturated rings. The Labute approximate surface area is 173 Å². The van der Waals surface area contributed by atoms with Crippen LogP contribution in [-0.2, 0) is 14.3 Å². The number of nitrogens with zero attached hydrogens (tertiary/aromatic N) is 2. The number of imide groups is 1. The first-order valence-corrected chi connectivity index (χ1v) is 11.0. The van der Waals surface area contributed by atoms with E-state index < -0.39 is 0 Å². The Bertz CT molecular complexity index is 844. The quantitative estimate of drug-likeness (QED) is 0.729. The van der Waals surface area contributed by atoms with Crippen molar-refractivity contribution in [1.82, 2.24) is 9.80 Å². The van der Waals surface area contributed by atoms with Crippen LogP contribution in [0, 0.1) is 13.8 Å². The van der Waals surface area contributed by atoms with E-state index in [-0.39, 0.29) is 30.1 Å². The van der Waals surface area contributed by atoms with E-state index in [9.17, 15) is 9.59 Å². The van der Waals surface area contributed by atoms with Gasteiger partial charge >= 0.3 is 0 Å². The molecule has 29 heavy (non-hydrogen) atoms. The van der Waals surface area contributed by atoms with Crippen LogP contribution in [0.3, 0.4) is 0 Å². The molecular formula is C24H32N2O3. The second-order valence-electron chi connectivity index (χ2n) is 8.96. The van der Waals surface area contributed by atoms with Crippen LogP contribution in [0.5, 0.6) is 0 Å². The molecule has 2 atom stereocenters. The van der Waals surface area contributed by atoms with Gasteiger partial charge in [-0.25, -0.2) is 0 Å². The van der Waals surface area contributed by atoms with Gasteiger partial charge in [0.2, 0.25) is 0 Å². The molecule has 2 aliphatic heterocycles. The fourth-order valence-corrected chi connectivity index (χ4v) is 5.02. The summed E-state index contributed by atoms with van der Waals surface area (Å²) in [4.78, 5) is 30.9. The third kappa shape index (κ3) is 3.73. The molecule has 156 valence electrons. The van der Waals surface area contributed by atoms with Gasteiger partial charge in [-0.3, -0.25) is 14.5 Å². The van der Waals surface area contributed by atoms with Crippen LogP contribution in [0.1, 0.15) is 62.6 Å². The number of hydrogen-bond donors (Lipinski definition) is 0. The van der Waals surface area contributed by atoms with E-state index in [0.29, 0.717) is 24.4 Å². The lowest BCUT2D eigenvalue weighted by Crippen LogP contribution is -2.48. The highest BCUT2D eigenvalue weighted by Crippen LogP contribution is 2.37. The predicted molar refractivity (Wildman–Crippen MR) is 113 cm³/mol. The highest BCUT2D eigenvalue weighted by Gasteiger charge is 2.45. The molecule has 1 aromatic carbocycles. The minimum absolute atomic E-state index is 0.0266. The van der Waals surface area contributed by atoms with Crippen LogP contribution in [0.2, 0.25) is 0 Å². The summed E-state index contributed by atoms with van der Waals surface area (Å²) in [7, 11) is 0. The van der Waals surface area contributed by atoms with E-state index in [4.69, 9.17) is 4.74 Å². The van der Waals surface area contributed by atoms with Gasteiger partial charge in [0.15, 0.2) is 0 Å². The molecule has 1 aliphatic carbocycles. The first-order chi connectivity index (χ1) is 13.9. The number of rotatable bonds is 3. The second kappa shape index (κ2) is 7.94. The molecule has 5 nitrogen and oxygen atoms in total. The molecular weight excluding hydrogens is 364 g/mol. The maximum Gasteiger partial charge on any atom is 0.278 e. The third-order valence-electron chi connectivity index (χ3n) is 6.56. The molecule has 0 spiro atoms. The van der Waals surface area contributed by atoms with Gasteiger partial charge < -0.3 is 9.64 Å². The van der Waals surface area contributed by atoms with Crippen molar-refractivity contribution in [3.05, 3.63) is 40.6 Å². The van der Waals surface area contributed by atoms with E-state index in [0.717, 1.165) is 36.8 Å². The maximum atomic E-state index is 13.6. The Balaban J connectivity index is 1.79. The largest absolute Gasteiger partial charge is 0.372 e. The number of hydrogen-bond acceptors (Lipinski definition) is 4. The number of carbonyl (C=O) groups is 2. The molecule has 4 rings (SSSR count). The highest BCUT2D eigenvalue weighted by molar-refractivity contribution is 6.35. The third-order valence-corrected chi connectivity index (χ3v) is 6.56. The van der Waals surface area contributed by atoms with Gasteiger partial charge in [0.25, 0.3) is 11.8 Å². The summed E-state index contributed by atoms with van der Waals surface area (Å²) in [5, 5.41) is 0. The number of aryl methyl sites for hydroxylation is 2. The van der Waals surface area contributed by atoms with E-state index in [1.165, 1.54) is 12.0 Å². The molecule has 0 radical (unpaired) electrons. The van der Waals surface area contributed by atoms with Crippen LogP contribution in [0.4, 0.5) is 0 Å². The van der Waals surface area contributed by atoms with E-state index in [1.54, 1.807) is 4.90 Å². The lowest BCUT2D eigenvalue weighted by atomic mass is 9.94. The molecule has 2 amide bonds. The highest BCUT2D eigenvalue weighted by atomic mass is 16.5. The minimum atomic E-state index is -0.119. The zero-order chi connectivity index (χ0) is 20.7. The van der Waals surface area contributed by atoms with Gasteiger partial charge in [-0.2, -0.15) is 0 Å². The minimum Gasteiger partial charge on any atom is -0.372 e. The van der Waals surface area contributed by atoms with E-state index >= 15 is 0 Å². The lowest BCUT2D eigenvalue weighted by molar-refractivity contribution is -0.141. The van der Waals surface area contributed by atoms with Gasteiger partial charge in [0.1, 0.15) is 5.70 Å². The maximum absolute atomic E-state index is 13.6. The standard InChI is InChI=1S/C24H32N2O3/c1-15-10-11-19(12-16(15)2)21-22(25-13-17(3)29-18(4)14-25)24(28)26(23(21)27)20-8-6-5-7-9-20/h10-12,17-18,20H,5-9,13-14H2,1-4H3. The van der Waals surface area contributed by atoms with Crippen molar-refractivity contribution in [2.45, 2.75) is 78.0 Å². The van der Waals surface area contributed by atoms with Crippen LogP contribution >= 0.6 is 0 Å². The molecule has 1 saturated heterocycles. The smallest absolute Gasteiger partial charge is 0.278 e. The fraction of sp³-hybridized carbons (Fsp3) is 0.583. The SMILES string of the molecule is Cc1ccc(C2=C(N3CC(C)OC(C)C3)C(=O)N(C3CCCCC3)C2=O)cc1C. The summed E-state index contributed by atoms with van der Waals surface area (Å²) in [5.41, 5.74) is 4.32. The number of ether oxygens (including phenoxy) is 1. The zero-order valence-corrected chi connectivity index (χ0v) is 18.0. The van der Waals surface area contributed by atoms with Crippen molar-refractivity contribution in [1.29, 1.82) is 0 Å². The number of benzene rings is 1. The lowest BCUT2D eigenvalue weighted by Gasteiger charge is -2.37. The summed E-state index contributed by atoms with van der Waals surface area (Å²) < 4.78 is 5.88. The summed E-state index contributed by atoms with van der Waals surface area (Å²) in [6.45, 7) is 9.43. The van der Waals surface area contributed by atoms with Crippen molar-refractivity contribution in [3.8, 4) is 0 Å². The van der Waals surface area contributed by atoms with Crippen molar-refractivity contribution in [2.24, 2.45) is 0 Å². The Morgan fingerprint density at radius 3 is 2.17 bits per heavy atom. The van der Waals surface area contributed by atoms with E-state index in [1.807, 2.05) is 32.0 Å². The average molecular weight is 397 g/mol. The normalized spacial score (nSPS) is 26.6. The van der Waals surface area contributed by atoms with Crippen LogP contribution in [0.25, 0.3) is 5.57 Å². The monoisotopic (exact) mass is 396 g/mol. The molecule has 3 aliphatic rings. The Hall–Kier alpha value is -2.14. The van der Waals surface area contributed by atoms with Gasteiger partial charge in [0, 0.05) is 19.1 Å².